The second-order valence-electron chi connectivity index (χ2n) is 5.36. The van der Waals surface area contributed by atoms with Crippen molar-refractivity contribution in [2.75, 3.05) is 0 Å². The van der Waals surface area contributed by atoms with Crippen LogP contribution in [0.4, 0.5) is 0 Å². The summed E-state index contributed by atoms with van der Waals surface area (Å²) in [7, 11) is 0. The molecule has 1 aromatic heterocycles. The van der Waals surface area contributed by atoms with Crippen molar-refractivity contribution >= 4 is 0 Å². The Morgan fingerprint density at radius 2 is 2.20 bits per heavy atom. The maximum Gasteiger partial charge on any atom is 0.115 e. The number of fused-ring (bicyclic) bond motifs is 1. The van der Waals surface area contributed by atoms with Gasteiger partial charge in [-0.3, -0.25) is 9.97 Å². The first-order valence-electron chi connectivity index (χ1n) is 7.05. The van der Waals surface area contributed by atoms with Crippen LogP contribution in [0.1, 0.15) is 41.4 Å². The van der Waals surface area contributed by atoms with Gasteiger partial charge in [0, 0.05) is 25.0 Å². The monoisotopic (exact) mass is 269 g/mol. The fraction of sp³-hybridized carbons (Fsp3) is 0.375. The highest BCUT2D eigenvalue weighted by atomic mass is 16.3. The van der Waals surface area contributed by atoms with Gasteiger partial charge in [-0.25, -0.2) is 0 Å². The normalized spacial score (nSPS) is 17.8. The zero-order valence-electron chi connectivity index (χ0n) is 11.6. The van der Waals surface area contributed by atoms with Crippen LogP contribution in [0.5, 0.6) is 5.75 Å². The zero-order chi connectivity index (χ0) is 13.9. The molecule has 1 heterocycles. The summed E-state index contributed by atoms with van der Waals surface area (Å²) in [5, 5.41) is 13.1. The number of benzene rings is 1. The van der Waals surface area contributed by atoms with Crippen LogP contribution in [0.25, 0.3) is 0 Å². The molecule has 1 aliphatic carbocycles. The lowest BCUT2D eigenvalue weighted by Crippen LogP contribution is -2.25. The molecule has 0 bridgehead atoms. The Morgan fingerprint density at radius 1 is 1.30 bits per heavy atom. The number of aromatic hydroxyl groups is 1. The molecule has 0 saturated carbocycles. The lowest BCUT2D eigenvalue weighted by molar-refractivity contribution is 0.447. The molecule has 0 spiro atoms. The van der Waals surface area contributed by atoms with Gasteiger partial charge in [0.2, 0.25) is 0 Å². The SMILES string of the molecule is Cc1cnc(CNC2CCCc3cc(O)ccc32)cn1. The first kappa shape index (κ1) is 13.1. The number of hydrogen-bond donors (Lipinski definition) is 2. The molecule has 1 atom stereocenters. The third-order valence-electron chi connectivity index (χ3n) is 3.80. The van der Waals surface area contributed by atoms with Crippen LogP contribution in [-0.4, -0.2) is 15.1 Å². The van der Waals surface area contributed by atoms with E-state index in [1.54, 1.807) is 12.3 Å². The maximum atomic E-state index is 9.57. The molecular weight excluding hydrogens is 250 g/mol. The summed E-state index contributed by atoms with van der Waals surface area (Å²) in [6, 6.07) is 6.02. The summed E-state index contributed by atoms with van der Waals surface area (Å²) < 4.78 is 0. The van der Waals surface area contributed by atoms with Gasteiger partial charge in [0.15, 0.2) is 0 Å². The van der Waals surface area contributed by atoms with E-state index in [4.69, 9.17) is 0 Å². The van der Waals surface area contributed by atoms with Crippen LogP contribution >= 0.6 is 0 Å². The average molecular weight is 269 g/mol. The molecule has 0 saturated heterocycles. The fourth-order valence-corrected chi connectivity index (χ4v) is 2.75. The van der Waals surface area contributed by atoms with Gasteiger partial charge < -0.3 is 10.4 Å². The Hall–Kier alpha value is -1.94. The number of nitrogens with one attached hydrogen (secondary N) is 1. The quantitative estimate of drug-likeness (QED) is 0.899. The first-order valence-corrected chi connectivity index (χ1v) is 7.05. The van der Waals surface area contributed by atoms with Gasteiger partial charge in [-0.15, -0.1) is 0 Å². The second kappa shape index (κ2) is 5.59. The number of phenols is 1. The highest BCUT2D eigenvalue weighted by Gasteiger charge is 2.20. The minimum Gasteiger partial charge on any atom is -0.508 e. The number of rotatable bonds is 3. The van der Waals surface area contributed by atoms with Crippen LogP contribution < -0.4 is 5.32 Å². The molecule has 2 N–H and O–H groups in total. The molecule has 0 amide bonds. The van der Waals surface area contributed by atoms with E-state index in [0.29, 0.717) is 11.8 Å². The smallest absolute Gasteiger partial charge is 0.115 e. The highest BCUT2D eigenvalue weighted by molar-refractivity contribution is 5.38. The predicted octanol–water partition coefficient (Wildman–Crippen LogP) is 2.66. The lowest BCUT2D eigenvalue weighted by Gasteiger charge is -2.26. The van der Waals surface area contributed by atoms with Crippen LogP contribution in [0, 0.1) is 6.92 Å². The van der Waals surface area contributed by atoms with Crippen LogP contribution in [-0.2, 0) is 13.0 Å². The molecule has 0 radical (unpaired) electrons. The number of nitrogens with zero attached hydrogens (tertiary/aromatic N) is 2. The van der Waals surface area contributed by atoms with Crippen molar-refractivity contribution in [3.63, 3.8) is 0 Å². The molecule has 3 rings (SSSR count). The Labute approximate surface area is 118 Å². The van der Waals surface area contributed by atoms with Crippen molar-refractivity contribution in [3.05, 3.63) is 53.1 Å². The second-order valence-corrected chi connectivity index (χ2v) is 5.36. The summed E-state index contributed by atoms with van der Waals surface area (Å²) in [6.45, 7) is 2.66. The van der Waals surface area contributed by atoms with Crippen molar-refractivity contribution in [1.82, 2.24) is 15.3 Å². The maximum absolute atomic E-state index is 9.57. The average Bonchev–Trinajstić information content (AvgIpc) is 2.46. The van der Waals surface area contributed by atoms with Gasteiger partial charge in [-0.05, 0) is 49.4 Å². The van der Waals surface area contributed by atoms with E-state index in [-0.39, 0.29) is 0 Å². The number of aryl methyl sites for hydroxylation is 2. The largest absolute Gasteiger partial charge is 0.508 e. The van der Waals surface area contributed by atoms with E-state index in [0.717, 1.165) is 37.2 Å². The van der Waals surface area contributed by atoms with Crippen molar-refractivity contribution in [2.45, 2.75) is 38.8 Å². The number of hydrogen-bond acceptors (Lipinski definition) is 4. The van der Waals surface area contributed by atoms with Gasteiger partial charge in [-0.2, -0.15) is 0 Å². The van der Waals surface area contributed by atoms with E-state index in [1.165, 1.54) is 11.1 Å². The third-order valence-corrected chi connectivity index (χ3v) is 3.80. The fourth-order valence-electron chi connectivity index (χ4n) is 2.75. The third kappa shape index (κ3) is 2.80. The van der Waals surface area contributed by atoms with Crippen molar-refractivity contribution in [2.24, 2.45) is 0 Å². The van der Waals surface area contributed by atoms with Crippen LogP contribution in [0.2, 0.25) is 0 Å². The molecule has 0 aliphatic heterocycles. The van der Waals surface area contributed by atoms with E-state index < -0.39 is 0 Å². The standard InChI is InChI=1S/C16H19N3O/c1-11-8-18-13(9-17-11)10-19-16-4-2-3-12-7-14(20)5-6-15(12)16/h5-9,16,19-20H,2-4,10H2,1H3. The Kier molecular flexibility index (Phi) is 3.65. The van der Waals surface area contributed by atoms with E-state index in [2.05, 4.69) is 15.3 Å². The summed E-state index contributed by atoms with van der Waals surface area (Å²) in [5.74, 6) is 0.355. The minimum atomic E-state index is 0.336. The zero-order valence-corrected chi connectivity index (χ0v) is 11.6. The van der Waals surface area contributed by atoms with E-state index >= 15 is 0 Å². The highest BCUT2D eigenvalue weighted by Crippen LogP contribution is 2.31. The molecule has 0 fully saturated rings. The Bertz CT molecular complexity index is 595. The molecule has 1 aromatic carbocycles. The number of phenolic OH excluding ortho intramolecular Hbond substituents is 1. The molecule has 1 aliphatic rings. The van der Waals surface area contributed by atoms with Gasteiger partial charge in [0.25, 0.3) is 0 Å². The van der Waals surface area contributed by atoms with Crippen molar-refractivity contribution < 1.29 is 5.11 Å². The van der Waals surface area contributed by atoms with Crippen molar-refractivity contribution in [3.8, 4) is 5.75 Å². The first-order chi connectivity index (χ1) is 9.72. The van der Waals surface area contributed by atoms with E-state index in [1.807, 2.05) is 25.3 Å². The summed E-state index contributed by atoms with van der Waals surface area (Å²) in [4.78, 5) is 8.63. The van der Waals surface area contributed by atoms with Gasteiger partial charge in [0.05, 0.1) is 11.4 Å². The lowest BCUT2D eigenvalue weighted by atomic mass is 9.87. The Morgan fingerprint density at radius 3 is 3.00 bits per heavy atom. The molecule has 2 aromatic rings. The minimum absolute atomic E-state index is 0.336. The summed E-state index contributed by atoms with van der Waals surface area (Å²) in [5.41, 5.74) is 4.45. The predicted molar refractivity (Wildman–Crippen MR) is 77.4 cm³/mol. The van der Waals surface area contributed by atoms with Gasteiger partial charge >= 0.3 is 0 Å². The molecule has 4 nitrogen and oxygen atoms in total. The van der Waals surface area contributed by atoms with Gasteiger partial charge in [0.1, 0.15) is 5.75 Å². The molecular formula is C16H19N3O. The Balaban J connectivity index is 1.71. The molecule has 104 valence electrons. The topological polar surface area (TPSA) is 58.0 Å². The summed E-state index contributed by atoms with van der Waals surface area (Å²) >= 11 is 0. The van der Waals surface area contributed by atoms with Crippen LogP contribution in [0.3, 0.4) is 0 Å². The summed E-state index contributed by atoms with van der Waals surface area (Å²) in [6.07, 6.45) is 6.93. The van der Waals surface area contributed by atoms with Crippen LogP contribution in [0.15, 0.2) is 30.6 Å². The molecule has 20 heavy (non-hydrogen) atoms. The molecule has 4 heteroatoms. The number of aromatic nitrogens is 2. The van der Waals surface area contributed by atoms with E-state index in [9.17, 15) is 5.11 Å². The van der Waals surface area contributed by atoms with Gasteiger partial charge in [-0.1, -0.05) is 6.07 Å². The molecule has 1 unspecified atom stereocenters. The van der Waals surface area contributed by atoms with Crippen molar-refractivity contribution in [1.29, 1.82) is 0 Å².